The summed E-state index contributed by atoms with van der Waals surface area (Å²) in [4.78, 5) is -0.218. The van der Waals surface area contributed by atoms with Crippen molar-refractivity contribution < 1.29 is 26.3 Å². The van der Waals surface area contributed by atoms with E-state index in [2.05, 4.69) is 4.74 Å². The molecular weight excluding hydrogens is 369 g/mol. The zero-order valence-corrected chi connectivity index (χ0v) is 14.6. The molecule has 1 aromatic carbocycles. The molecule has 2 unspecified atom stereocenters. The Hall–Kier alpha value is -1.03. The molecule has 1 aliphatic rings. The first-order chi connectivity index (χ1) is 10.6. The third kappa shape index (κ3) is 5.23. The average Bonchev–Trinajstić information content (AvgIpc) is 2.46. The molecular formula is C14H20ClF3N2O3S. The average molecular weight is 389 g/mol. The smallest absolute Gasteiger partial charge is 0.406 e. The van der Waals surface area contributed by atoms with Gasteiger partial charge >= 0.3 is 6.36 Å². The quantitative estimate of drug-likeness (QED) is 0.860. The van der Waals surface area contributed by atoms with E-state index in [9.17, 15) is 21.6 Å². The molecule has 24 heavy (non-hydrogen) atoms. The minimum atomic E-state index is -4.87. The van der Waals surface area contributed by atoms with Gasteiger partial charge in [0, 0.05) is 25.2 Å². The molecule has 1 heterocycles. The van der Waals surface area contributed by atoms with Crippen LogP contribution in [0, 0.1) is 5.92 Å². The second-order valence-electron chi connectivity index (χ2n) is 5.65. The highest BCUT2D eigenvalue weighted by Gasteiger charge is 2.34. The first kappa shape index (κ1) is 21.0. The van der Waals surface area contributed by atoms with E-state index >= 15 is 0 Å². The minimum absolute atomic E-state index is 0. The summed E-state index contributed by atoms with van der Waals surface area (Å²) in [5, 5.41) is 0. The van der Waals surface area contributed by atoms with Crippen molar-refractivity contribution in [2.45, 2.75) is 37.1 Å². The van der Waals surface area contributed by atoms with E-state index in [4.69, 9.17) is 5.73 Å². The maximum atomic E-state index is 12.6. The molecule has 10 heteroatoms. The summed E-state index contributed by atoms with van der Waals surface area (Å²) in [6.45, 7) is 2.42. The van der Waals surface area contributed by atoms with Crippen LogP contribution in [0.1, 0.15) is 19.8 Å². The van der Waals surface area contributed by atoms with Crippen LogP contribution in [0.15, 0.2) is 29.2 Å². The van der Waals surface area contributed by atoms with Gasteiger partial charge in [-0.15, -0.1) is 25.6 Å². The molecule has 2 atom stereocenters. The van der Waals surface area contributed by atoms with Gasteiger partial charge in [-0.05, 0) is 37.8 Å². The van der Waals surface area contributed by atoms with Crippen LogP contribution in [-0.4, -0.2) is 38.2 Å². The molecule has 5 nitrogen and oxygen atoms in total. The van der Waals surface area contributed by atoms with Crippen LogP contribution in [0.2, 0.25) is 0 Å². The third-order valence-corrected chi connectivity index (χ3v) is 5.70. The fraction of sp³-hybridized carbons (Fsp3) is 0.571. The highest BCUT2D eigenvalue weighted by molar-refractivity contribution is 7.89. The van der Waals surface area contributed by atoms with Gasteiger partial charge in [-0.25, -0.2) is 8.42 Å². The molecule has 0 aromatic heterocycles. The Labute approximate surface area is 145 Å². The molecule has 1 saturated heterocycles. The number of alkyl halides is 3. The van der Waals surface area contributed by atoms with Crippen LogP contribution in [0.4, 0.5) is 13.2 Å². The second kappa shape index (κ2) is 7.90. The molecule has 0 spiro atoms. The summed E-state index contributed by atoms with van der Waals surface area (Å²) in [5.74, 6) is -0.521. The number of rotatable bonds is 4. The normalized spacial score (nSPS) is 21.0. The van der Waals surface area contributed by atoms with E-state index in [0.29, 0.717) is 13.0 Å². The fourth-order valence-corrected chi connectivity index (χ4v) is 4.17. The van der Waals surface area contributed by atoms with Crippen molar-refractivity contribution in [2.75, 3.05) is 13.1 Å². The minimum Gasteiger partial charge on any atom is -0.406 e. The van der Waals surface area contributed by atoms with Gasteiger partial charge in [0.1, 0.15) is 5.75 Å². The summed E-state index contributed by atoms with van der Waals surface area (Å²) < 4.78 is 67.1. The lowest BCUT2D eigenvalue weighted by atomic mass is 9.93. The molecule has 0 bridgehead atoms. The lowest BCUT2D eigenvalue weighted by Crippen LogP contribution is -2.44. The summed E-state index contributed by atoms with van der Waals surface area (Å²) in [6, 6.07) is 4.29. The Morgan fingerprint density at radius 3 is 2.62 bits per heavy atom. The van der Waals surface area contributed by atoms with E-state index in [0.717, 1.165) is 18.6 Å². The predicted molar refractivity (Wildman–Crippen MR) is 85.5 cm³/mol. The summed E-state index contributed by atoms with van der Waals surface area (Å²) in [7, 11) is -3.88. The molecule has 2 N–H and O–H groups in total. The van der Waals surface area contributed by atoms with Gasteiger partial charge in [-0.2, -0.15) is 4.31 Å². The van der Waals surface area contributed by atoms with Crippen molar-refractivity contribution in [3.8, 4) is 5.75 Å². The van der Waals surface area contributed by atoms with Crippen molar-refractivity contribution in [3.05, 3.63) is 24.3 Å². The van der Waals surface area contributed by atoms with E-state index in [-0.39, 0.29) is 35.8 Å². The lowest BCUT2D eigenvalue weighted by molar-refractivity contribution is -0.274. The van der Waals surface area contributed by atoms with Gasteiger partial charge in [0.2, 0.25) is 10.0 Å². The molecule has 1 fully saturated rings. The number of hydrogen-bond donors (Lipinski definition) is 1. The predicted octanol–water partition coefficient (Wildman–Crippen LogP) is 2.75. The van der Waals surface area contributed by atoms with Gasteiger partial charge < -0.3 is 10.5 Å². The van der Waals surface area contributed by atoms with Crippen molar-refractivity contribution in [1.29, 1.82) is 0 Å². The zero-order valence-electron chi connectivity index (χ0n) is 13.0. The summed E-state index contributed by atoms with van der Waals surface area (Å²) in [5.41, 5.74) is 5.84. The maximum absolute atomic E-state index is 12.6. The highest BCUT2D eigenvalue weighted by Crippen LogP contribution is 2.29. The van der Waals surface area contributed by atoms with E-state index in [1.807, 2.05) is 6.92 Å². The van der Waals surface area contributed by atoms with Gasteiger partial charge in [0.25, 0.3) is 0 Å². The van der Waals surface area contributed by atoms with Crippen LogP contribution < -0.4 is 10.5 Å². The van der Waals surface area contributed by atoms with Gasteiger partial charge in [0.05, 0.1) is 4.90 Å². The Morgan fingerprint density at radius 2 is 2.04 bits per heavy atom. The highest BCUT2D eigenvalue weighted by atomic mass is 35.5. The molecule has 0 saturated carbocycles. The van der Waals surface area contributed by atoms with Crippen molar-refractivity contribution in [3.63, 3.8) is 0 Å². The van der Waals surface area contributed by atoms with E-state index in [1.54, 1.807) is 0 Å². The molecule has 1 aliphatic heterocycles. The Bertz CT molecular complexity index is 653. The van der Waals surface area contributed by atoms with Crippen LogP contribution in [-0.2, 0) is 10.0 Å². The lowest BCUT2D eigenvalue weighted by Gasteiger charge is -2.33. The van der Waals surface area contributed by atoms with Crippen molar-refractivity contribution in [2.24, 2.45) is 11.7 Å². The van der Waals surface area contributed by atoms with Gasteiger partial charge in [0.15, 0.2) is 0 Å². The fourth-order valence-electron chi connectivity index (χ4n) is 2.60. The van der Waals surface area contributed by atoms with Crippen LogP contribution in [0.3, 0.4) is 0 Å². The number of benzene rings is 1. The maximum Gasteiger partial charge on any atom is 0.573 e. The number of nitrogens with zero attached hydrogens (tertiary/aromatic N) is 1. The van der Waals surface area contributed by atoms with Crippen molar-refractivity contribution in [1.82, 2.24) is 4.31 Å². The third-order valence-electron chi connectivity index (χ3n) is 3.84. The van der Waals surface area contributed by atoms with Gasteiger partial charge in [-0.3, -0.25) is 0 Å². The van der Waals surface area contributed by atoms with Crippen LogP contribution in [0.5, 0.6) is 5.75 Å². The SMILES string of the molecule is CC(N)C1CCCN(S(=O)(=O)c2cccc(OC(F)(F)F)c2)C1.Cl. The second-order valence-corrected chi connectivity index (χ2v) is 7.59. The topological polar surface area (TPSA) is 72.6 Å². The Kier molecular flexibility index (Phi) is 6.92. The number of piperidine rings is 1. The zero-order chi connectivity index (χ0) is 17.3. The molecule has 0 aliphatic carbocycles. The first-order valence-corrected chi connectivity index (χ1v) is 8.65. The van der Waals surface area contributed by atoms with Crippen LogP contribution >= 0.6 is 12.4 Å². The Morgan fingerprint density at radius 1 is 1.38 bits per heavy atom. The van der Waals surface area contributed by atoms with Crippen molar-refractivity contribution >= 4 is 22.4 Å². The number of ether oxygens (including phenoxy) is 1. The molecule has 1 aromatic rings. The number of hydrogen-bond acceptors (Lipinski definition) is 4. The molecule has 0 radical (unpaired) electrons. The number of nitrogens with two attached hydrogens (primary N) is 1. The number of sulfonamides is 1. The summed E-state index contributed by atoms with van der Waals surface area (Å²) in [6.07, 6.45) is -3.36. The Balaban J connectivity index is 0.00000288. The standard InChI is InChI=1S/C14H19F3N2O3S.ClH/c1-10(18)11-4-3-7-19(9-11)23(20,21)13-6-2-5-12(8-13)22-14(15,16)17;/h2,5-6,8,10-11H,3-4,7,9,18H2,1H3;1H. The summed E-state index contributed by atoms with van der Waals surface area (Å²) >= 11 is 0. The van der Waals surface area contributed by atoms with Gasteiger partial charge in [-0.1, -0.05) is 6.07 Å². The van der Waals surface area contributed by atoms with E-state index in [1.165, 1.54) is 16.4 Å². The first-order valence-electron chi connectivity index (χ1n) is 7.21. The molecule has 138 valence electrons. The molecule has 2 rings (SSSR count). The number of halogens is 4. The monoisotopic (exact) mass is 388 g/mol. The molecule has 0 amide bonds. The van der Waals surface area contributed by atoms with E-state index < -0.39 is 22.1 Å². The van der Waals surface area contributed by atoms with Crippen LogP contribution in [0.25, 0.3) is 0 Å². The largest absolute Gasteiger partial charge is 0.573 e.